The van der Waals surface area contributed by atoms with E-state index in [1.807, 2.05) is 25.1 Å². The Morgan fingerprint density at radius 1 is 1.15 bits per heavy atom. The van der Waals surface area contributed by atoms with Crippen LogP contribution in [0.3, 0.4) is 0 Å². The summed E-state index contributed by atoms with van der Waals surface area (Å²) in [5.41, 5.74) is 1.15. The Bertz CT molecular complexity index is 437. The van der Waals surface area contributed by atoms with Crippen LogP contribution in [-0.2, 0) is 4.74 Å². The molecule has 0 radical (unpaired) electrons. The van der Waals surface area contributed by atoms with Crippen molar-refractivity contribution in [1.82, 2.24) is 0 Å². The van der Waals surface area contributed by atoms with Gasteiger partial charge in [0.15, 0.2) is 0 Å². The summed E-state index contributed by atoms with van der Waals surface area (Å²) in [6, 6.07) is 6.26. The Morgan fingerprint density at radius 2 is 1.75 bits per heavy atom. The minimum atomic E-state index is 0.131. The van der Waals surface area contributed by atoms with Gasteiger partial charge < -0.3 is 19.5 Å². The van der Waals surface area contributed by atoms with Crippen LogP contribution in [0.15, 0.2) is 18.2 Å². The summed E-state index contributed by atoms with van der Waals surface area (Å²) >= 11 is 0. The maximum atomic E-state index is 5.76. The van der Waals surface area contributed by atoms with Crippen LogP contribution in [0.1, 0.15) is 27.2 Å². The lowest BCUT2D eigenvalue weighted by molar-refractivity contribution is -0.0975. The van der Waals surface area contributed by atoms with Crippen LogP contribution >= 0.6 is 0 Å². The van der Waals surface area contributed by atoms with Crippen LogP contribution in [0, 0.1) is 5.41 Å². The second-order valence-electron chi connectivity index (χ2n) is 5.80. The molecule has 0 saturated heterocycles. The third-order valence-electron chi connectivity index (χ3n) is 4.24. The molecule has 1 aromatic rings. The van der Waals surface area contributed by atoms with Gasteiger partial charge in [0.05, 0.1) is 20.3 Å². The number of benzene rings is 1. The van der Waals surface area contributed by atoms with Crippen molar-refractivity contribution < 1.29 is 14.2 Å². The Morgan fingerprint density at radius 3 is 2.20 bits per heavy atom. The lowest BCUT2D eigenvalue weighted by atomic mass is 9.64. The molecule has 0 aromatic heterocycles. The maximum absolute atomic E-state index is 5.76. The third-order valence-corrected chi connectivity index (χ3v) is 4.24. The SMILES string of the molecule is CCOC1CC(Nc2cc(OC)cc(OC)c2)C1(C)C. The van der Waals surface area contributed by atoms with Gasteiger partial charge >= 0.3 is 0 Å². The summed E-state index contributed by atoms with van der Waals surface area (Å²) in [5.74, 6) is 1.59. The van der Waals surface area contributed by atoms with E-state index >= 15 is 0 Å². The quantitative estimate of drug-likeness (QED) is 0.867. The highest BCUT2D eigenvalue weighted by Crippen LogP contribution is 2.44. The van der Waals surface area contributed by atoms with E-state index in [2.05, 4.69) is 19.2 Å². The Hall–Kier alpha value is -1.42. The third kappa shape index (κ3) is 2.85. The first-order valence-electron chi connectivity index (χ1n) is 7.12. The van der Waals surface area contributed by atoms with Crippen LogP contribution in [0.25, 0.3) is 0 Å². The number of ether oxygens (including phenoxy) is 3. The highest BCUT2D eigenvalue weighted by molar-refractivity contribution is 5.55. The van der Waals surface area contributed by atoms with Crippen LogP contribution in [0.2, 0.25) is 0 Å². The van der Waals surface area contributed by atoms with Crippen molar-refractivity contribution in [2.45, 2.75) is 39.3 Å². The van der Waals surface area contributed by atoms with Gasteiger partial charge in [0.25, 0.3) is 0 Å². The molecule has 2 unspecified atom stereocenters. The number of rotatable bonds is 6. The molecule has 112 valence electrons. The lowest BCUT2D eigenvalue weighted by Gasteiger charge is -2.52. The second kappa shape index (κ2) is 5.92. The Labute approximate surface area is 121 Å². The smallest absolute Gasteiger partial charge is 0.124 e. The molecule has 2 rings (SSSR count). The summed E-state index contributed by atoms with van der Waals surface area (Å²) in [4.78, 5) is 0. The van der Waals surface area contributed by atoms with Gasteiger partial charge in [0.1, 0.15) is 11.5 Å². The lowest BCUT2D eigenvalue weighted by Crippen LogP contribution is -2.58. The summed E-state index contributed by atoms with van der Waals surface area (Å²) < 4.78 is 16.4. The van der Waals surface area contributed by atoms with Crippen LogP contribution in [0.4, 0.5) is 5.69 Å². The maximum Gasteiger partial charge on any atom is 0.124 e. The second-order valence-corrected chi connectivity index (χ2v) is 5.80. The van der Waals surface area contributed by atoms with Crippen molar-refractivity contribution in [3.05, 3.63) is 18.2 Å². The van der Waals surface area contributed by atoms with Gasteiger partial charge in [-0.25, -0.2) is 0 Å². The molecule has 20 heavy (non-hydrogen) atoms. The molecule has 1 aliphatic rings. The largest absolute Gasteiger partial charge is 0.497 e. The zero-order valence-electron chi connectivity index (χ0n) is 13.0. The predicted octanol–water partition coefficient (Wildman–Crippen LogP) is 3.32. The number of methoxy groups -OCH3 is 2. The van der Waals surface area contributed by atoms with E-state index < -0.39 is 0 Å². The van der Waals surface area contributed by atoms with E-state index in [1.165, 1.54) is 0 Å². The van der Waals surface area contributed by atoms with E-state index in [4.69, 9.17) is 14.2 Å². The Balaban J connectivity index is 2.07. The van der Waals surface area contributed by atoms with Gasteiger partial charge in [-0.15, -0.1) is 0 Å². The van der Waals surface area contributed by atoms with Crippen molar-refractivity contribution in [3.63, 3.8) is 0 Å². The van der Waals surface area contributed by atoms with Crippen molar-refractivity contribution in [1.29, 1.82) is 0 Å². The topological polar surface area (TPSA) is 39.7 Å². The average Bonchev–Trinajstić information content (AvgIpc) is 2.45. The highest BCUT2D eigenvalue weighted by atomic mass is 16.5. The molecule has 4 heteroatoms. The number of hydrogen-bond donors (Lipinski definition) is 1. The fourth-order valence-electron chi connectivity index (χ4n) is 2.71. The summed E-state index contributed by atoms with van der Waals surface area (Å²) in [7, 11) is 3.33. The molecule has 0 aliphatic heterocycles. The van der Waals surface area contributed by atoms with E-state index in [-0.39, 0.29) is 5.41 Å². The number of nitrogens with one attached hydrogen (secondary N) is 1. The zero-order valence-corrected chi connectivity index (χ0v) is 13.0. The van der Waals surface area contributed by atoms with Crippen LogP contribution < -0.4 is 14.8 Å². The minimum absolute atomic E-state index is 0.131. The minimum Gasteiger partial charge on any atom is -0.497 e. The highest BCUT2D eigenvalue weighted by Gasteiger charge is 2.48. The molecule has 0 heterocycles. The molecule has 0 spiro atoms. The molecular weight excluding hydrogens is 254 g/mol. The van der Waals surface area contributed by atoms with Gasteiger partial charge in [-0.1, -0.05) is 13.8 Å². The molecule has 1 N–H and O–H groups in total. The van der Waals surface area contributed by atoms with Gasteiger partial charge in [-0.05, 0) is 13.3 Å². The van der Waals surface area contributed by atoms with Crippen molar-refractivity contribution in [3.8, 4) is 11.5 Å². The number of anilines is 1. The monoisotopic (exact) mass is 279 g/mol. The number of hydrogen-bond acceptors (Lipinski definition) is 4. The van der Waals surface area contributed by atoms with Crippen molar-refractivity contribution in [2.75, 3.05) is 26.1 Å². The van der Waals surface area contributed by atoms with Crippen LogP contribution in [0.5, 0.6) is 11.5 Å². The van der Waals surface area contributed by atoms with E-state index in [0.717, 1.165) is 30.2 Å². The Kier molecular flexibility index (Phi) is 4.43. The summed E-state index contributed by atoms with van der Waals surface area (Å²) in [6.45, 7) is 7.30. The first-order chi connectivity index (χ1) is 9.51. The molecule has 0 amide bonds. The molecule has 0 bridgehead atoms. The van der Waals surface area contributed by atoms with Gasteiger partial charge in [0.2, 0.25) is 0 Å². The molecule has 1 aliphatic carbocycles. The summed E-state index contributed by atoms with van der Waals surface area (Å²) in [6.07, 6.45) is 1.36. The first-order valence-corrected chi connectivity index (χ1v) is 7.12. The standard InChI is InChI=1S/C16H25NO3/c1-6-20-15-10-14(16(15,2)3)17-11-7-12(18-4)9-13(8-11)19-5/h7-9,14-15,17H,6,10H2,1-5H3. The van der Waals surface area contributed by atoms with Crippen molar-refractivity contribution in [2.24, 2.45) is 5.41 Å². The van der Waals surface area contributed by atoms with Gasteiger partial charge in [-0.2, -0.15) is 0 Å². The molecule has 1 aromatic carbocycles. The van der Waals surface area contributed by atoms with E-state index in [1.54, 1.807) is 14.2 Å². The molecule has 2 atom stereocenters. The van der Waals surface area contributed by atoms with Gasteiger partial charge in [0, 0.05) is 42.0 Å². The molecule has 4 nitrogen and oxygen atoms in total. The van der Waals surface area contributed by atoms with E-state index in [9.17, 15) is 0 Å². The van der Waals surface area contributed by atoms with E-state index in [0.29, 0.717) is 12.1 Å². The van der Waals surface area contributed by atoms with Crippen molar-refractivity contribution >= 4 is 5.69 Å². The summed E-state index contributed by atoms with van der Waals surface area (Å²) in [5, 5.41) is 3.57. The van der Waals surface area contributed by atoms with Gasteiger partial charge in [-0.3, -0.25) is 0 Å². The predicted molar refractivity (Wildman–Crippen MR) is 80.8 cm³/mol. The normalized spacial score (nSPS) is 23.9. The fraction of sp³-hybridized carbons (Fsp3) is 0.625. The molecular formula is C16H25NO3. The molecule has 1 fully saturated rings. The average molecular weight is 279 g/mol. The van der Waals surface area contributed by atoms with Crippen LogP contribution in [-0.4, -0.2) is 33.0 Å². The first kappa shape index (κ1) is 15.0. The molecule has 1 saturated carbocycles. The fourth-order valence-corrected chi connectivity index (χ4v) is 2.71. The zero-order chi connectivity index (χ0) is 14.8.